The highest BCUT2D eigenvalue weighted by Crippen LogP contribution is 2.27. The predicted molar refractivity (Wildman–Crippen MR) is 95.0 cm³/mol. The van der Waals surface area contributed by atoms with Crippen molar-refractivity contribution in [3.8, 4) is 0 Å². The third kappa shape index (κ3) is 4.41. The van der Waals surface area contributed by atoms with Gasteiger partial charge in [-0.05, 0) is 46.3 Å². The molecule has 6 nitrogen and oxygen atoms in total. The van der Waals surface area contributed by atoms with Gasteiger partial charge in [0, 0.05) is 42.6 Å². The zero-order valence-electron chi connectivity index (χ0n) is 13.2. The molecule has 0 aliphatic carbocycles. The summed E-state index contributed by atoms with van der Waals surface area (Å²) in [4.78, 5) is 4.04. The Bertz CT molecular complexity index is 929. The van der Waals surface area contributed by atoms with E-state index in [1.807, 2.05) is 12.1 Å². The smallest absolute Gasteiger partial charge is 0.243 e. The Morgan fingerprint density at radius 1 is 1.12 bits per heavy atom. The van der Waals surface area contributed by atoms with Crippen molar-refractivity contribution in [2.24, 2.45) is 0 Å². The summed E-state index contributed by atoms with van der Waals surface area (Å²) in [6.45, 7) is 0.231. The summed E-state index contributed by atoms with van der Waals surface area (Å²) in [7, 11) is -5.87. The number of rotatable bonds is 6. The number of halogens is 1. The Morgan fingerprint density at radius 3 is 2.42 bits per heavy atom. The van der Waals surface area contributed by atoms with E-state index in [4.69, 9.17) is 0 Å². The Balaban J connectivity index is 2.29. The molecule has 0 radical (unpaired) electrons. The summed E-state index contributed by atoms with van der Waals surface area (Å²) in [5.41, 5.74) is 0.781. The summed E-state index contributed by atoms with van der Waals surface area (Å²) in [5, 5.41) is 0. The molecule has 24 heavy (non-hydrogen) atoms. The SMILES string of the molecule is CN(CCc1ccccn1)S(=O)(=O)c1cc(S(C)(=O)=O)ccc1Br. The number of sulfonamides is 1. The summed E-state index contributed by atoms with van der Waals surface area (Å²) in [6.07, 6.45) is 3.15. The Labute approximate surface area is 150 Å². The first-order valence-corrected chi connectivity index (χ1v) is 11.1. The summed E-state index contributed by atoms with van der Waals surface area (Å²) in [5.74, 6) is 0. The van der Waals surface area contributed by atoms with E-state index in [-0.39, 0.29) is 16.3 Å². The van der Waals surface area contributed by atoms with Crippen LogP contribution in [0, 0.1) is 0 Å². The van der Waals surface area contributed by atoms with Crippen molar-refractivity contribution >= 4 is 35.8 Å². The molecule has 0 aliphatic heterocycles. The molecule has 0 atom stereocenters. The van der Waals surface area contributed by atoms with Gasteiger partial charge in [-0.25, -0.2) is 21.1 Å². The van der Waals surface area contributed by atoms with Gasteiger partial charge in [-0.3, -0.25) is 4.98 Å². The molecular weight excluding hydrogens is 416 g/mol. The maximum Gasteiger partial charge on any atom is 0.243 e. The second kappa shape index (κ2) is 7.30. The van der Waals surface area contributed by atoms with Crippen molar-refractivity contribution in [2.75, 3.05) is 19.8 Å². The van der Waals surface area contributed by atoms with Crippen molar-refractivity contribution in [3.05, 3.63) is 52.8 Å². The van der Waals surface area contributed by atoms with Crippen LogP contribution in [0.2, 0.25) is 0 Å². The minimum atomic E-state index is -3.83. The van der Waals surface area contributed by atoms with Crippen LogP contribution < -0.4 is 0 Å². The van der Waals surface area contributed by atoms with Crippen molar-refractivity contribution < 1.29 is 16.8 Å². The van der Waals surface area contributed by atoms with Gasteiger partial charge in [-0.15, -0.1) is 0 Å². The van der Waals surface area contributed by atoms with Crippen molar-refractivity contribution in [3.63, 3.8) is 0 Å². The van der Waals surface area contributed by atoms with Crippen LogP contribution >= 0.6 is 15.9 Å². The molecule has 0 N–H and O–H groups in total. The highest BCUT2D eigenvalue weighted by molar-refractivity contribution is 9.10. The summed E-state index contributed by atoms with van der Waals surface area (Å²) in [6, 6.07) is 9.41. The fourth-order valence-electron chi connectivity index (χ4n) is 2.02. The molecule has 130 valence electrons. The molecule has 2 rings (SSSR count). The number of benzene rings is 1. The maximum atomic E-state index is 12.7. The normalized spacial score (nSPS) is 12.5. The van der Waals surface area contributed by atoms with Gasteiger partial charge in [0.25, 0.3) is 0 Å². The first-order chi connectivity index (χ1) is 11.1. The fraction of sp³-hybridized carbons (Fsp3) is 0.267. The molecule has 0 amide bonds. The second-order valence-corrected chi connectivity index (χ2v) is 10.1. The maximum absolute atomic E-state index is 12.7. The Morgan fingerprint density at radius 2 is 1.83 bits per heavy atom. The number of nitrogens with zero attached hydrogens (tertiary/aromatic N) is 2. The van der Waals surface area contributed by atoms with E-state index in [2.05, 4.69) is 20.9 Å². The second-order valence-electron chi connectivity index (χ2n) is 5.26. The van der Waals surface area contributed by atoms with E-state index in [0.717, 1.165) is 11.9 Å². The lowest BCUT2D eigenvalue weighted by atomic mass is 10.3. The van der Waals surface area contributed by atoms with E-state index < -0.39 is 19.9 Å². The minimum absolute atomic E-state index is 0.0394. The predicted octanol–water partition coefficient (Wildman–Crippen LogP) is 2.11. The fourth-order valence-corrected chi connectivity index (χ4v) is 4.86. The van der Waals surface area contributed by atoms with E-state index in [1.54, 1.807) is 12.3 Å². The van der Waals surface area contributed by atoms with Crippen LogP contribution in [0.5, 0.6) is 0 Å². The lowest BCUT2D eigenvalue weighted by Crippen LogP contribution is -2.29. The Kier molecular flexibility index (Phi) is 5.79. The lowest BCUT2D eigenvalue weighted by Gasteiger charge is -2.18. The van der Waals surface area contributed by atoms with E-state index in [9.17, 15) is 16.8 Å². The van der Waals surface area contributed by atoms with Gasteiger partial charge < -0.3 is 0 Å². The summed E-state index contributed by atoms with van der Waals surface area (Å²) >= 11 is 3.18. The molecule has 0 bridgehead atoms. The van der Waals surface area contributed by atoms with Gasteiger partial charge in [-0.1, -0.05) is 6.07 Å². The van der Waals surface area contributed by atoms with E-state index in [0.29, 0.717) is 10.9 Å². The van der Waals surface area contributed by atoms with Crippen LogP contribution in [0.25, 0.3) is 0 Å². The number of hydrogen-bond donors (Lipinski definition) is 0. The number of pyridine rings is 1. The molecule has 1 heterocycles. The van der Waals surface area contributed by atoms with Gasteiger partial charge in [0.1, 0.15) is 0 Å². The standard InChI is InChI=1S/C15H17BrN2O4S2/c1-18(10-8-12-5-3-4-9-17-12)24(21,22)15-11-13(23(2,19)20)6-7-14(15)16/h3-7,9,11H,8,10H2,1-2H3. The van der Waals surface area contributed by atoms with Crippen LogP contribution in [0.1, 0.15) is 5.69 Å². The highest BCUT2D eigenvalue weighted by Gasteiger charge is 2.25. The third-order valence-electron chi connectivity index (χ3n) is 3.43. The van der Waals surface area contributed by atoms with Gasteiger partial charge >= 0.3 is 0 Å². The number of likely N-dealkylation sites (N-methyl/N-ethyl adjacent to an activating group) is 1. The molecule has 0 fully saturated rings. The first kappa shape index (κ1) is 19.0. The highest BCUT2D eigenvalue weighted by atomic mass is 79.9. The molecule has 1 aromatic heterocycles. The zero-order chi connectivity index (χ0) is 18.0. The van der Waals surface area contributed by atoms with Crippen LogP contribution in [-0.4, -0.2) is 46.0 Å². The number of hydrogen-bond acceptors (Lipinski definition) is 5. The van der Waals surface area contributed by atoms with Crippen LogP contribution in [0.3, 0.4) is 0 Å². The Hall–Kier alpha value is -1.29. The van der Waals surface area contributed by atoms with Gasteiger partial charge in [-0.2, -0.15) is 0 Å². The van der Waals surface area contributed by atoms with Gasteiger partial charge in [0.2, 0.25) is 10.0 Å². The molecule has 2 aromatic rings. The molecule has 0 saturated heterocycles. The molecule has 0 saturated carbocycles. The van der Waals surface area contributed by atoms with Crippen molar-refractivity contribution in [1.29, 1.82) is 0 Å². The van der Waals surface area contributed by atoms with Gasteiger partial charge in [0.05, 0.1) is 9.79 Å². The van der Waals surface area contributed by atoms with Crippen LogP contribution in [0.15, 0.2) is 56.9 Å². The molecule has 1 aromatic carbocycles. The minimum Gasteiger partial charge on any atom is -0.261 e. The van der Waals surface area contributed by atoms with E-state index in [1.165, 1.54) is 29.6 Å². The van der Waals surface area contributed by atoms with E-state index >= 15 is 0 Å². The molecule has 0 spiro atoms. The number of aromatic nitrogens is 1. The van der Waals surface area contributed by atoms with Crippen LogP contribution in [0.4, 0.5) is 0 Å². The topological polar surface area (TPSA) is 84.4 Å². The van der Waals surface area contributed by atoms with Crippen molar-refractivity contribution in [1.82, 2.24) is 9.29 Å². The zero-order valence-corrected chi connectivity index (χ0v) is 16.4. The molecule has 0 aliphatic rings. The molecule has 0 unspecified atom stereocenters. The van der Waals surface area contributed by atoms with Crippen LogP contribution in [-0.2, 0) is 26.3 Å². The first-order valence-electron chi connectivity index (χ1n) is 6.98. The number of sulfone groups is 1. The molecule has 9 heteroatoms. The monoisotopic (exact) mass is 432 g/mol. The third-order valence-corrected chi connectivity index (χ3v) is 7.39. The summed E-state index contributed by atoms with van der Waals surface area (Å²) < 4.78 is 50.3. The lowest BCUT2D eigenvalue weighted by molar-refractivity contribution is 0.470. The van der Waals surface area contributed by atoms with Crippen molar-refractivity contribution in [2.45, 2.75) is 16.2 Å². The van der Waals surface area contributed by atoms with Gasteiger partial charge in [0.15, 0.2) is 9.84 Å². The quantitative estimate of drug-likeness (QED) is 0.697. The molecular formula is C15H17BrN2O4S2. The average Bonchev–Trinajstić information content (AvgIpc) is 2.52. The largest absolute Gasteiger partial charge is 0.261 e. The average molecular weight is 433 g/mol.